The molecule has 0 aromatic carbocycles. The Balaban J connectivity index is 2.14. The number of carboxylic acids is 1. The van der Waals surface area contributed by atoms with Gasteiger partial charge in [-0.2, -0.15) is 5.10 Å². The van der Waals surface area contributed by atoms with E-state index in [2.05, 4.69) is 15.4 Å². The molecule has 2 heterocycles. The maximum absolute atomic E-state index is 11.4. The van der Waals surface area contributed by atoms with Gasteiger partial charge < -0.3 is 15.5 Å². The van der Waals surface area contributed by atoms with E-state index in [0.29, 0.717) is 16.7 Å². The van der Waals surface area contributed by atoms with Crippen LogP contribution in [0.4, 0.5) is 5.69 Å². The van der Waals surface area contributed by atoms with Gasteiger partial charge >= 0.3 is 5.97 Å². The first-order valence-corrected chi connectivity index (χ1v) is 6.49. The van der Waals surface area contributed by atoms with Crippen LogP contribution in [0.5, 0.6) is 0 Å². The van der Waals surface area contributed by atoms with Gasteiger partial charge in [0.1, 0.15) is 5.56 Å². The topological polar surface area (TPSA) is 100 Å². The van der Waals surface area contributed by atoms with Crippen LogP contribution in [0, 0.1) is 0 Å². The predicted molar refractivity (Wildman–Crippen MR) is 72.8 cm³/mol. The van der Waals surface area contributed by atoms with E-state index < -0.39 is 11.5 Å². The minimum atomic E-state index is -1.04. The number of carbonyl (C=O) groups is 1. The zero-order chi connectivity index (χ0) is 14.3. The summed E-state index contributed by atoms with van der Waals surface area (Å²) >= 11 is 0. The lowest BCUT2D eigenvalue weighted by Crippen LogP contribution is -2.48. The monoisotopic (exact) mass is 276 g/mol. The Kier molecular flexibility index (Phi) is 2.86. The molecule has 106 valence electrons. The fraction of sp³-hybridized carbons (Fsp3) is 0.462. The largest absolute Gasteiger partial charge is 0.478 e. The normalized spacial score (nSPS) is 16.9. The summed E-state index contributed by atoms with van der Waals surface area (Å²) < 4.78 is 1.60. The highest BCUT2D eigenvalue weighted by Gasteiger charge is 2.37. The van der Waals surface area contributed by atoms with E-state index in [-0.39, 0.29) is 12.2 Å². The van der Waals surface area contributed by atoms with E-state index >= 15 is 0 Å². The molecule has 20 heavy (non-hydrogen) atoms. The molecule has 0 aliphatic heterocycles. The van der Waals surface area contributed by atoms with Crippen LogP contribution >= 0.6 is 0 Å². The van der Waals surface area contributed by atoms with Crippen LogP contribution in [0.2, 0.25) is 0 Å². The number of anilines is 1. The number of hydrogen-bond donors (Lipinski definition) is 3. The van der Waals surface area contributed by atoms with Gasteiger partial charge in [0.2, 0.25) is 0 Å². The van der Waals surface area contributed by atoms with Gasteiger partial charge in [0.05, 0.1) is 29.4 Å². The molecule has 0 radical (unpaired) electrons. The average Bonchev–Trinajstić information content (AvgIpc) is 2.76. The molecule has 1 aliphatic carbocycles. The molecule has 2 aromatic heterocycles. The highest BCUT2D eigenvalue weighted by Crippen LogP contribution is 2.37. The number of aliphatic hydroxyl groups is 1. The zero-order valence-electron chi connectivity index (χ0n) is 11.1. The standard InChI is InChI=1S/C13H16N4O3/c1-17-11-8(6-15-17)10(9(5-14-11)12(19)20)16-13(7-18)3-2-4-13/h5-6,18H,2-4,7H2,1H3,(H,14,16)(H,19,20). The number of hydrogen-bond acceptors (Lipinski definition) is 5. The molecular weight excluding hydrogens is 260 g/mol. The lowest BCUT2D eigenvalue weighted by atomic mass is 9.77. The van der Waals surface area contributed by atoms with Crippen LogP contribution in [0.25, 0.3) is 11.0 Å². The lowest BCUT2D eigenvalue weighted by molar-refractivity contribution is 0.0697. The summed E-state index contributed by atoms with van der Waals surface area (Å²) in [4.78, 5) is 15.5. The molecule has 3 N–H and O–H groups in total. The molecule has 2 aromatic rings. The summed E-state index contributed by atoms with van der Waals surface area (Å²) in [6.45, 7) is -0.0177. The van der Waals surface area contributed by atoms with E-state index in [4.69, 9.17) is 0 Å². The molecule has 0 amide bonds. The molecular formula is C13H16N4O3. The molecule has 1 saturated carbocycles. The number of nitrogens with one attached hydrogen (secondary N) is 1. The van der Waals surface area contributed by atoms with Crippen LogP contribution in [0.15, 0.2) is 12.4 Å². The molecule has 3 rings (SSSR count). The van der Waals surface area contributed by atoms with Crippen molar-refractivity contribution in [1.82, 2.24) is 14.8 Å². The second kappa shape index (κ2) is 4.45. The van der Waals surface area contributed by atoms with Crippen LogP contribution < -0.4 is 5.32 Å². The second-order valence-corrected chi connectivity index (χ2v) is 5.27. The number of aliphatic hydroxyl groups excluding tert-OH is 1. The van der Waals surface area contributed by atoms with Crippen LogP contribution in [0.3, 0.4) is 0 Å². The second-order valence-electron chi connectivity index (χ2n) is 5.27. The van der Waals surface area contributed by atoms with E-state index in [9.17, 15) is 15.0 Å². The third-order valence-corrected chi connectivity index (χ3v) is 4.00. The van der Waals surface area contributed by atoms with Crippen LogP contribution in [-0.2, 0) is 7.05 Å². The quantitative estimate of drug-likeness (QED) is 0.770. The summed E-state index contributed by atoms with van der Waals surface area (Å²) in [5, 5.41) is 26.9. The van der Waals surface area contributed by atoms with E-state index in [1.165, 1.54) is 6.20 Å². The Morgan fingerprint density at radius 2 is 2.25 bits per heavy atom. The third kappa shape index (κ3) is 1.82. The van der Waals surface area contributed by atoms with E-state index in [1.54, 1.807) is 17.9 Å². The van der Waals surface area contributed by atoms with Crippen molar-refractivity contribution in [2.45, 2.75) is 24.8 Å². The maximum atomic E-state index is 11.4. The average molecular weight is 276 g/mol. The summed E-state index contributed by atoms with van der Waals surface area (Å²) in [5.41, 5.74) is 0.786. The SMILES string of the molecule is Cn1ncc2c(NC3(CO)CCC3)c(C(=O)O)cnc21. The molecule has 1 aliphatic rings. The Morgan fingerprint density at radius 1 is 1.50 bits per heavy atom. The summed E-state index contributed by atoms with van der Waals surface area (Å²) in [6, 6.07) is 0. The molecule has 0 atom stereocenters. The minimum absolute atomic E-state index is 0.0177. The van der Waals surface area contributed by atoms with Crippen molar-refractivity contribution in [2.75, 3.05) is 11.9 Å². The van der Waals surface area contributed by atoms with Gasteiger partial charge in [-0.1, -0.05) is 0 Å². The number of fused-ring (bicyclic) bond motifs is 1. The molecule has 0 saturated heterocycles. The van der Waals surface area contributed by atoms with Crippen molar-refractivity contribution in [2.24, 2.45) is 7.05 Å². The van der Waals surface area contributed by atoms with E-state index in [1.807, 2.05) is 0 Å². The zero-order valence-corrected chi connectivity index (χ0v) is 11.1. The molecule has 0 spiro atoms. The number of rotatable bonds is 4. The molecule has 7 heteroatoms. The number of aryl methyl sites for hydroxylation is 1. The van der Waals surface area contributed by atoms with Gasteiger partial charge in [-0.3, -0.25) is 4.68 Å². The van der Waals surface area contributed by atoms with Gasteiger partial charge in [0.25, 0.3) is 0 Å². The Hall–Kier alpha value is -2.15. The van der Waals surface area contributed by atoms with Gasteiger partial charge in [-0.25, -0.2) is 9.78 Å². The van der Waals surface area contributed by atoms with Gasteiger partial charge in [-0.05, 0) is 19.3 Å². The lowest BCUT2D eigenvalue weighted by Gasteiger charge is -2.42. The Labute approximate surface area is 115 Å². The number of carboxylic acid groups (broad SMARTS) is 1. The third-order valence-electron chi connectivity index (χ3n) is 4.00. The van der Waals surface area contributed by atoms with Gasteiger partial charge in [0, 0.05) is 13.2 Å². The van der Waals surface area contributed by atoms with Crippen LogP contribution in [-0.4, -0.2) is 43.1 Å². The van der Waals surface area contributed by atoms with Crippen molar-refractivity contribution in [3.63, 3.8) is 0 Å². The summed E-state index contributed by atoms with van der Waals surface area (Å²) in [7, 11) is 1.75. The van der Waals surface area contributed by atoms with Crippen molar-refractivity contribution in [1.29, 1.82) is 0 Å². The molecule has 1 fully saturated rings. The predicted octanol–water partition coefficient (Wildman–Crippen LogP) is 0.993. The van der Waals surface area contributed by atoms with E-state index in [0.717, 1.165) is 19.3 Å². The fourth-order valence-electron chi connectivity index (χ4n) is 2.58. The first kappa shape index (κ1) is 12.9. The Bertz CT molecular complexity index is 670. The number of nitrogens with zero attached hydrogens (tertiary/aromatic N) is 3. The Morgan fingerprint density at radius 3 is 2.80 bits per heavy atom. The summed E-state index contributed by atoms with van der Waals surface area (Å²) in [6.07, 6.45) is 5.61. The summed E-state index contributed by atoms with van der Waals surface area (Å²) in [5.74, 6) is -1.04. The molecule has 0 bridgehead atoms. The first-order valence-electron chi connectivity index (χ1n) is 6.49. The number of pyridine rings is 1. The minimum Gasteiger partial charge on any atom is -0.478 e. The van der Waals surface area contributed by atoms with Crippen molar-refractivity contribution < 1.29 is 15.0 Å². The van der Waals surface area contributed by atoms with Crippen LogP contribution in [0.1, 0.15) is 29.6 Å². The smallest absolute Gasteiger partial charge is 0.339 e. The number of aromatic carboxylic acids is 1. The van der Waals surface area contributed by atoms with Crippen molar-refractivity contribution >= 4 is 22.7 Å². The van der Waals surface area contributed by atoms with Gasteiger partial charge in [-0.15, -0.1) is 0 Å². The number of aromatic nitrogens is 3. The highest BCUT2D eigenvalue weighted by molar-refractivity contribution is 6.03. The van der Waals surface area contributed by atoms with Gasteiger partial charge in [0.15, 0.2) is 5.65 Å². The van der Waals surface area contributed by atoms with Crippen molar-refractivity contribution in [3.8, 4) is 0 Å². The fourth-order valence-corrected chi connectivity index (χ4v) is 2.58. The first-order chi connectivity index (χ1) is 9.56. The van der Waals surface area contributed by atoms with Crippen molar-refractivity contribution in [3.05, 3.63) is 18.0 Å². The maximum Gasteiger partial charge on any atom is 0.339 e. The molecule has 0 unspecified atom stereocenters. The molecule has 7 nitrogen and oxygen atoms in total. The highest BCUT2D eigenvalue weighted by atomic mass is 16.4.